The molecule has 0 aliphatic carbocycles. The van der Waals surface area contributed by atoms with Crippen molar-refractivity contribution in [1.82, 2.24) is 9.80 Å². The fourth-order valence-corrected chi connectivity index (χ4v) is 4.22. The van der Waals surface area contributed by atoms with Crippen LogP contribution in [0, 0.1) is 6.92 Å². The average molecular weight is 336 g/mol. The van der Waals surface area contributed by atoms with Gasteiger partial charge < -0.3 is 10.0 Å². The predicted molar refractivity (Wildman–Crippen MR) is 90.7 cm³/mol. The molecular formula is C16H20N2O2S2. The first-order valence-electron chi connectivity index (χ1n) is 7.42. The number of β-amino-alcohol motifs (C(OH)–C–C–N with tert-alkyl or cyclic N) is 1. The van der Waals surface area contributed by atoms with Crippen LogP contribution in [-0.2, 0) is 0 Å². The molecule has 1 amide bonds. The number of nitrogens with zero attached hydrogens (tertiary/aromatic N) is 2. The number of aliphatic hydroxyl groups excluding tert-OH is 1. The molecule has 118 valence electrons. The van der Waals surface area contributed by atoms with Crippen molar-refractivity contribution in [3.8, 4) is 0 Å². The highest BCUT2D eigenvalue weighted by Crippen LogP contribution is 2.21. The minimum atomic E-state index is -0.429. The van der Waals surface area contributed by atoms with Gasteiger partial charge in [-0.25, -0.2) is 0 Å². The molecule has 4 nitrogen and oxygen atoms in total. The Morgan fingerprint density at radius 3 is 2.68 bits per heavy atom. The number of rotatable bonds is 4. The van der Waals surface area contributed by atoms with E-state index in [2.05, 4.69) is 4.90 Å². The van der Waals surface area contributed by atoms with Gasteiger partial charge in [0.25, 0.3) is 5.91 Å². The Morgan fingerprint density at radius 2 is 2.09 bits per heavy atom. The maximum Gasteiger partial charge on any atom is 0.264 e. The van der Waals surface area contributed by atoms with Crippen LogP contribution in [-0.4, -0.2) is 53.5 Å². The minimum absolute atomic E-state index is 0.136. The fraction of sp³-hybridized carbons (Fsp3) is 0.438. The first-order valence-corrected chi connectivity index (χ1v) is 9.17. The largest absolute Gasteiger partial charge is 0.386 e. The minimum Gasteiger partial charge on any atom is -0.386 e. The van der Waals surface area contributed by atoms with Crippen LogP contribution in [0.15, 0.2) is 29.0 Å². The summed E-state index contributed by atoms with van der Waals surface area (Å²) in [5, 5.41) is 14.2. The Labute approximate surface area is 138 Å². The van der Waals surface area contributed by atoms with E-state index in [1.807, 2.05) is 40.8 Å². The van der Waals surface area contributed by atoms with E-state index in [1.54, 1.807) is 11.3 Å². The Balaban J connectivity index is 1.51. The topological polar surface area (TPSA) is 43.8 Å². The van der Waals surface area contributed by atoms with Gasteiger partial charge in [0.15, 0.2) is 0 Å². The zero-order chi connectivity index (χ0) is 15.5. The molecule has 1 atom stereocenters. The van der Waals surface area contributed by atoms with Gasteiger partial charge in [-0.1, -0.05) is 6.07 Å². The lowest BCUT2D eigenvalue weighted by molar-refractivity contribution is 0.0536. The number of hydrogen-bond acceptors (Lipinski definition) is 5. The third-order valence-electron chi connectivity index (χ3n) is 3.90. The molecule has 1 saturated heterocycles. The average Bonchev–Trinajstić information content (AvgIpc) is 3.18. The summed E-state index contributed by atoms with van der Waals surface area (Å²) in [4.78, 5) is 18.4. The number of carbonyl (C=O) groups is 1. The molecule has 2 aromatic rings. The Kier molecular flexibility index (Phi) is 4.93. The summed E-state index contributed by atoms with van der Waals surface area (Å²) in [6, 6.07) is 5.89. The number of piperazine rings is 1. The highest BCUT2D eigenvalue weighted by molar-refractivity contribution is 7.12. The zero-order valence-corrected chi connectivity index (χ0v) is 14.2. The first-order chi connectivity index (χ1) is 10.6. The number of amides is 1. The lowest BCUT2D eigenvalue weighted by atomic mass is 10.2. The molecule has 0 unspecified atom stereocenters. The van der Waals surface area contributed by atoms with Gasteiger partial charge in [0, 0.05) is 37.6 Å². The summed E-state index contributed by atoms with van der Waals surface area (Å²) in [6.45, 7) is 5.74. The van der Waals surface area contributed by atoms with Crippen molar-refractivity contribution in [2.24, 2.45) is 0 Å². The molecule has 0 aromatic carbocycles. The second-order valence-electron chi connectivity index (χ2n) is 5.61. The monoisotopic (exact) mass is 336 g/mol. The SMILES string of the molecule is Cc1csc(C(=O)N2CCN(C[C@@H](O)c3cccs3)CC2)c1. The summed E-state index contributed by atoms with van der Waals surface area (Å²) >= 11 is 3.10. The van der Waals surface area contributed by atoms with Gasteiger partial charge in [0.1, 0.15) is 6.10 Å². The van der Waals surface area contributed by atoms with E-state index in [4.69, 9.17) is 0 Å². The van der Waals surface area contributed by atoms with E-state index in [0.717, 1.165) is 41.5 Å². The van der Waals surface area contributed by atoms with Gasteiger partial charge in [-0.05, 0) is 35.4 Å². The molecule has 1 aliphatic rings. The Hall–Kier alpha value is -1.21. The van der Waals surface area contributed by atoms with Crippen LogP contribution in [0.5, 0.6) is 0 Å². The van der Waals surface area contributed by atoms with Crippen LogP contribution < -0.4 is 0 Å². The molecule has 0 saturated carbocycles. The van der Waals surface area contributed by atoms with Gasteiger partial charge in [-0.2, -0.15) is 0 Å². The predicted octanol–water partition coefficient (Wildman–Crippen LogP) is 2.61. The smallest absolute Gasteiger partial charge is 0.264 e. The first kappa shape index (κ1) is 15.7. The van der Waals surface area contributed by atoms with Crippen molar-refractivity contribution in [3.05, 3.63) is 44.3 Å². The summed E-state index contributed by atoms with van der Waals surface area (Å²) in [7, 11) is 0. The molecule has 1 N–H and O–H groups in total. The third-order valence-corrected chi connectivity index (χ3v) is 5.91. The molecule has 0 radical (unpaired) electrons. The van der Waals surface area contributed by atoms with Crippen LogP contribution in [0.25, 0.3) is 0 Å². The van der Waals surface area contributed by atoms with Crippen LogP contribution in [0.3, 0.4) is 0 Å². The van der Waals surface area contributed by atoms with Crippen LogP contribution in [0.2, 0.25) is 0 Å². The van der Waals surface area contributed by atoms with Gasteiger partial charge in [-0.15, -0.1) is 22.7 Å². The standard InChI is InChI=1S/C16H20N2O2S2/c1-12-9-15(22-11-12)16(20)18-6-4-17(5-7-18)10-13(19)14-3-2-8-21-14/h2-3,8-9,11,13,19H,4-7,10H2,1H3/t13-/m1/s1. The van der Waals surface area contributed by atoms with Gasteiger partial charge in [0.05, 0.1) is 4.88 Å². The van der Waals surface area contributed by atoms with Gasteiger partial charge in [0.2, 0.25) is 0 Å². The molecule has 22 heavy (non-hydrogen) atoms. The third kappa shape index (κ3) is 3.57. The number of carbonyl (C=O) groups excluding carboxylic acids is 1. The van der Waals surface area contributed by atoms with E-state index < -0.39 is 6.10 Å². The Morgan fingerprint density at radius 1 is 1.32 bits per heavy atom. The zero-order valence-electron chi connectivity index (χ0n) is 12.6. The van der Waals surface area contributed by atoms with E-state index in [-0.39, 0.29) is 5.91 Å². The van der Waals surface area contributed by atoms with Crippen molar-refractivity contribution < 1.29 is 9.90 Å². The quantitative estimate of drug-likeness (QED) is 0.933. The van der Waals surface area contributed by atoms with E-state index >= 15 is 0 Å². The summed E-state index contributed by atoms with van der Waals surface area (Å²) in [5.41, 5.74) is 1.14. The number of aryl methyl sites for hydroxylation is 1. The molecule has 2 aromatic heterocycles. The van der Waals surface area contributed by atoms with Crippen molar-refractivity contribution in [1.29, 1.82) is 0 Å². The Bertz CT molecular complexity index is 616. The molecule has 3 heterocycles. The lowest BCUT2D eigenvalue weighted by Gasteiger charge is -2.35. The van der Waals surface area contributed by atoms with Crippen LogP contribution in [0.4, 0.5) is 0 Å². The highest BCUT2D eigenvalue weighted by Gasteiger charge is 2.24. The molecule has 6 heteroatoms. The maximum absolute atomic E-state index is 12.4. The second-order valence-corrected chi connectivity index (χ2v) is 7.50. The van der Waals surface area contributed by atoms with E-state index in [0.29, 0.717) is 6.54 Å². The number of hydrogen-bond donors (Lipinski definition) is 1. The summed E-state index contributed by atoms with van der Waals surface area (Å²) in [5.74, 6) is 0.136. The highest BCUT2D eigenvalue weighted by atomic mass is 32.1. The van der Waals surface area contributed by atoms with Gasteiger partial charge >= 0.3 is 0 Å². The van der Waals surface area contributed by atoms with Crippen molar-refractivity contribution in [2.75, 3.05) is 32.7 Å². The van der Waals surface area contributed by atoms with Crippen LogP contribution >= 0.6 is 22.7 Å². The van der Waals surface area contributed by atoms with Crippen molar-refractivity contribution in [3.63, 3.8) is 0 Å². The lowest BCUT2D eigenvalue weighted by Crippen LogP contribution is -2.49. The molecule has 0 bridgehead atoms. The maximum atomic E-state index is 12.4. The number of thiophene rings is 2. The summed E-state index contributed by atoms with van der Waals surface area (Å²) < 4.78 is 0. The molecule has 3 rings (SSSR count). The van der Waals surface area contributed by atoms with Crippen molar-refractivity contribution in [2.45, 2.75) is 13.0 Å². The van der Waals surface area contributed by atoms with Crippen molar-refractivity contribution >= 4 is 28.6 Å². The molecule has 0 spiro atoms. The van der Waals surface area contributed by atoms with Crippen LogP contribution in [0.1, 0.15) is 26.2 Å². The molecular weight excluding hydrogens is 316 g/mol. The van der Waals surface area contributed by atoms with E-state index in [1.165, 1.54) is 11.3 Å². The van der Waals surface area contributed by atoms with Gasteiger partial charge in [-0.3, -0.25) is 9.69 Å². The number of aliphatic hydroxyl groups is 1. The second kappa shape index (κ2) is 6.91. The summed E-state index contributed by atoms with van der Waals surface area (Å²) in [6.07, 6.45) is -0.429. The van der Waals surface area contributed by atoms with E-state index in [9.17, 15) is 9.90 Å². The molecule has 1 fully saturated rings. The normalized spacial score (nSPS) is 17.6. The molecule has 1 aliphatic heterocycles. The fourth-order valence-electron chi connectivity index (χ4n) is 2.65.